The Hall–Kier alpha value is -1.66. The van der Waals surface area contributed by atoms with E-state index in [2.05, 4.69) is 20.9 Å². The number of hydrogen-bond donors (Lipinski definition) is 1. The minimum Gasteiger partial charge on any atom is -0.487 e. The zero-order valence-corrected chi connectivity index (χ0v) is 12.1. The lowest BCUT2D eigenvalue weighted by molar-refractivity contribution is 0.0690. The number of pyridine rings is 1. The second kappa shape index (κ2) is 5.38. The van der Waals surface area contributed by atoms with Crippen molar-refractivity contribution in [3.05, 3.63) is 34.4 Å². The van der Waals surface area contributed by atoms with Gasteiger partial charge in [-0.2, -0.15) is 0 Å². The smallest absolute Gasteiger partial charge is 0.354 e. The van der Waals surface area contributed by atoms with Gasteiger partial charge in [0.05, 0.1) is 18.7 Å². The van der Waals surface area contributed by atoms with Gasteiger partial charge in [0.2, 0.25) is 0 Å². The third-order valence-corrected chi connectivity index (χ3v) is 3.63. The lowest BCUT2D eigenvalue weighted by atomic mass is 10.1. The Labute approximate surface area is 123 Å². The molecule has 0 unspecified atom stereocenters. The highest BCUT2D eigenvalue weighted by molar-refractivity contribution is 9.10. The van der Waals surface area contributed by atoms with Crippen LogP contribution in [0.15, 0.2) is 28.7 Å². The van der Waals surface area contributed by atoms with Crippen LogP contribution in [-0.2, 0) is 4.74 Å². The number of ether oxygens (including phenoxy) is 2. The van der Waals surface area contributed by atoms with Crippen molar-refractivity contribution in [2.45, 2.75) is 12.5 Å². The number of rotatable bonds is 3. The number of nitrogens with zero attached hydrogens (tertiary/aromatic N) is 1. The van der Waals surface area contributed by atoms with Crippen LogP contribution in [0.5, 0.6) is 5.75 Å². The average molecular weight is 338 g/mol. The molecule has 104 valence electrons. The number of halogens is 1. The van der Waals surface area contributed by atoms with Crippen LogP contribution in [0, 0.1) is 0 Å². The summed E-state index contributed by atoms with van der Waals surface area (Å²) in [6, 6.07) is 6.93. The van der Waals surface area contributed by atoms with Gasteiger partial charge in [-0.15, -0.1) is 0 Å². The molecule has 1 saturated heterocycles. The maximum Gasteiger partial charge on any atom is 0.354 e. The predicted molar refractivity (Wildman–Crippen MR) is 76.3 cm³/mol. The summed E-state index contributed by atoms with van der Waals surface area (Å²) in [6.07, 6.45) is 0.765. The van der Waals surface area contributed by atoms with Crippen molar-refractivity contribution in [1.29, 1.82) is 0 Å². The molecule has 1 aromatic heterocycles. The van der Waals surface area contributed by atoms with E-state index in [4.69, 9.17) is 14.6 Å². The van der Waals surface area contributed by atoms with Crippen molar-refractivity contribution < 1.29 is 19.4 Å². The summed E-state index contributed by atoms with van der Waals surface area (Å²) in [6.45, 7) is 1.20. The Bertz CT molecular complexity index is 668. The quantitative estimate of drug-likeness (QED) is 0.932. The highest BCUT2D eigenvalue weighted by Gasteiger charge is 2.20. The fourth-order valence-electron chi connectivity index (χ4n) is 2.16. The van der Waals surface area contributed by atoms with Gasteiger partial charge in [0, 0.05) is 22.3 Å². The Morgan fingerprint density at radius 1 is 1.45 bits per heavy atom. The van der Waals surface area contributed by atoms with Gasteiger partial charge in [-0.05, 0) is 18.2 Å². The van der Waals surface area contributed by atoms with Crippen LogP contribution in [-0.4, -0.2) is 35.4 Å². The molecule has 1 aliphatic rings. The van der Waals surface area contributed by atoms with Crippen LogP contribution < -0.4 is 4.74 Å². The third kappa shape index (κ3) is 2.62. The fraction of sp³-hybridized carbons (Fsp3) is 0.286. The van der Waals surface area contributed by atoms with Gasteiger partial charge < -0.3 is 14.6 Å². The van der Waals surface area contributed by atoms with E-state index < -0.39 is 5.97 Å². The van der Waals surface area contributed by atoms with Crippen LogP contribution in [0.1, 0.15) is 16.9 Å². The van der Waals surface area contributed by atoms with Gasteiger partial charge in [0.1, 0.15) is 11.9 Å². The van der Waals surface area contributed by atoms with Crippen LogP contribution in [0.2, 0.25) is 0 Å². The lowest BCUT2D eigenvalue weighted by Gasteiger charge is -2.14. The summed E-state index contributed by atoms with van der Waals surface area (Å²) in [5.41, 5.74) is 0.579. The Morgan fingerprint density at radius 3 is 3.00 bits per heavy atom. The fourth-order valence-corrected chi connectivity index (χ4v) is 2.52. The van der Waals surface area contributed by atoms with E-state index in [1.165, 1.54) is 6.07 Å². The number of fused-ring (bicyclic) bond motifs is 1. The second-order valence-electron chi connectivity index (χ2n) is 4.58. The topological polar surface area (TPSA) is 68.7 Å². The van der Waals surface area contributed by atoms with E-state index in [1.54, 1.807) is 6.07 Å². The molecule has 1 N–H and O–H groups in total. The van der Waals surface area contributed by atoms with E-state index >= 15 is 0 Å². The molecule has 0 bridgehead atoms. The average Bonchev–Trinajstić information content (AvgIpc) is 2.92. The Kier molecular flexibility index (Phi) is 3.58. The van der Waals surface area contributed by atoms with Crippen molar-refractivity contribution >= 4 is 32.8 Å². The molecule has 6 heteroatoms. The van der Waals surface area contributed by atoms with Gasteiger partial charge in [-0.25, -0.2) is 9.78 Å². The number of carbonyl (C=O) groups is 1. The molecule has 20 heavy (non-hydrogen) atoms. The summed E-state index contributed by atoms with van der Waals surface area (Å²) in [5, 5.41) is 9.92. The molecular formula is C14H12BrNO4. The van der Waals surface area contributed by atoms with Gasteiger partial charge >= 0.3 is 5.97 Å². The van der Waals surface area contributed by atoms with E-state index in [9.17, 15) is 4.79 Å². The summed E-state index contributed by atoms with van der Waals surface area (Å²) < 4.78 is 12.1. The molecule has 0 amide bonds. The Balaban J connectivity index is 2.09. The van der Waals surface area contributed by atoms with Crippen LogP contribution >= 0.6 is 15.9 Å². The third-order valence-electron chi connectivity index (χ3n) is 3.13. The number of aromatic nitrogens is 1. The van der Waals surface area contributed by atoms with Crippen molar-refractivity contribution in [2.24, 2.45) is 0 Å². The monoisotopic (exact) mass is 337 g/mol. The first-order valence-corrected chi connectivity index (χ1v) is 7.01. The molecule has 2 aromatic rings. The highest BCUT2D eigenvalue weighted by Crippen LogP contribution is 2.30. The number of carboxylic acids is 1. The summed E-state index contributed by atoms with van der Waals surface area (Å²) in [7, 11) is 0. The number of aromatic carboxylic acids is 1. The van der Waals surface area contributed by atoms with Gasteiger partial charge in [-0.3, -0.25) is 0 Å². The zero-order chi connectivity index (χ0) is 14.1. The molecule has 5 nitrogen and oxygen atoms in total. The molecule has 1 fully saturated rings. The summed E-state index contributed by atoms with van der Waals surface area (Å²) >= 11 is 3.40. The molecule has 1 aromatic carbocycles. The minimum atomic E-state index is -1.07. The standard InChI is InChI=1S/C14H12BrNO4/c15-8-1-2-11-10(5-8)13(6-12(16-11)14(17)18)20-9-3-4-19-7-9/h1-2,5-6,9H,3-4,7H2,(H,17,18)/t9-/m1/s1. The molecule has 1 aliphatic heterocycles. The van der Waals surface area contributed by atoms with E-state index in [-0.39, 0.29) is 11.8 Å². The van der Waals surface area contributed by atoms with Crippen LogP contribution in [0.25, 0.3) is 10.9 Å². The van der Waals surface area contributed by atoms with Crippen LogP contribution in [0.3, 0.4) is 0 Å². The SMILES string of the molecule is O=C(O)c1cc(O[C@@H]2CCOC2)c2cc(Br)ccc2n1. The van der Waals surface area contributed by atoms with Gasteiger partial charge in [0.25, 0.3) is 0 Å². The van der Waals surface area contributed by atoms with E-state index in [0.717, 1.165) is 16.3 Å². The number of hydrogen-bond acceptors (Lipinski definition) is 4. The summed E-state index contributed by atoms with van der Waals surface area (Å²) in [4.78, 5) is 15.3. The molecule has 2 heterocycles. The number of carboxylic acid groups (broad SMARTS) is 1. The molecular weight excluding hydrogens is 326 g/mol. The van der Waals surface area contributed by atoms with Gasteiger partial charge in [0.15, 0.2) is 5.69 Å². The zero-order valence-electron chi connectivity index (χ0n) is 10.5. The maximum atomic E-state index is 11.1. The molecule has 0 saturated carbocycles. The van der Waals surface area contributed by atoms with E-state index in [1.807, 2.05) is 12.1 Å². The van der Waals surface area contributed by atoms with Crippen molar-refractivity contribution in [3.63, 3.8) is 0 Å². The summed E-state index contributed by atoms with van der Waals surface area (Å²) in [5.74, 6) is -0.536. The van der Waals surface area contributed by atoms with E-state index in [0.29, 0.717) is 24.5 Å². The lowest BCUT2D eigenvalue weighted by Crippen LogP contribution is -2.16. The molecule has 0 aliphatic carbocycles. The maximum absolute atomic E-state index is 11.1. The second-order valence-corrected chi connectivity index (χ2v) is 5.49. The van der Waals surface area contributed by atoms with Crippen molar-refractivity contribution in [3.8, 4) is 5.75 Å². The molecule has 0 radical (unpaired) electrons. The first-order valence-electron chi connectivity index (χ1n) is 6.21. The normalized spacial score (nSPS) is 18.4. The van der Waals surface area contributed by atoms with Crippen molar-refractivity contribution in [2.75, 3.05) is 13.2 Å². The first-order chi connectivity index (χ1) is 9.63. The molecule has 1 atom stereocenters. The minimum absolute atomic E-state index is 0.0197. The van der Waals surface area contributed by atoms with Crippen molar-refractivity contribution in [1.82, 2.24) is 4.98 Å². The van der Waals surface area contributed by atoms with Crippen LogP contribution in [0.4, 0.5) is 0 Å². The van der Waals surface area contributed by atoms with Gasteiger partial charge in [-0.1, -0.05) is 15.9 Å². The first kappa shape index (κ1) is 13.3. The molecule has 3 rings (SSSR count). The largest absolute Gasteiger partial charge is 0.487 e. The number of benzene rings is 1. The highest BCUT2D eigenvalue weighted by atomic mass is 79.9. The Morgan fingerprint density at radius 2 is 2.30 bits per heavy atom. The molecule has 0 spiro atoms. The predicted octanol–water partition coefficient (Wildman–Crippen LogP) is 2.86.